The molecule has 0 saturated carbocycles. The molecule has 3 atom stereocenters. The topological polar surface area (TPSA) is 59.1 Å². The third-order valence-corrected chi connectivity index (χ3v) is 1.54. The van der Waals surface area contributed by atoms with E-state index < -0.39 is 12.3 Å². The van der Waals surface area contributed by atoms with Crippen molar-refractivity contribution in [2.45, 2.75) is 25.2 Å². The summed E-state index contributed by atoms with van der Waals surface area (Å²) < 4.78 is 9.47. The van der Waals surface area contributed by atoms with Crippen molar-refractivity contribution in [2.24, 2.45) is 0 Å². The van der Waals surface area contributed by atoms with Crippen molar-refractivity contribution in [1.29, 1.82) is 0 Å². The summed E-state index contributed by atoms with van der Waals surface area (Å²) in [6.07, 6.45) is -0.217. The van der Waals surface area contributed by atoms with E-state index in [2.05, 4.69) is 11.3 Å². The summed E-state index contributed by atoms with van der Waals surface area (Å²) in [5.41, 5.74) is 0. The summed E-state index contributed by atoms with van der Waals surface area (Å²) in [7, 11) is 0. The maximum atomic E-state index is 10.0. The van der Waals surface area contributed by atoms with Gasteiger partial charge in [-0.25, -0.2) is 4.79 Å². The van der Waals surface area contributed by atoms with Gasteiger partial charge in [-0.3, -0.25) is 0 Å². The Balaban J connectivity index is 2.27. The molecule has 0 aliphatic carbocycles. The molecule has 1 heterocycles. The van der Waals surface area contributed by atoms with Crippen LogP contribution in [-0.2, 0) is 9.47 Å². The lowest BCUT2D eigenvalue weighted by Gasteiger charge is -2.05. The maximum absolute atomic E-state index is 10.0. The third kappa shape index (κ3) is 1.94. The van der Waals surface area contributed by atoms with Gasteiger partial charge < -0.3 is 14.6 Å². The molecule has 0 aromatic carbocycles. The van der Waals surface area contributed by atoms with E-state index in [0.29, 0.717) is 0 Å². The van der Waals surface area contributed by atoms with E-state index in [1.54, 1.807) is 13.0 Å². The van der Waals surface area contributed by atoms with Gasteiger partial charge in [0.25, 0.3) is 0 Å². The summed E-state index contributed by atoms with van der Waals surface area (Å²) in [6.45, 7) is 5.16. The molecule has 0 aromatic heterocycles. The molecule has 4 nitrogen and oxygen atoms in total. The van der Waals surface area contributed by atoms with Gasteiger partial charge in [-0.2, -0.15) is 0 Å². The van der Waals surface area contributed by atoms with Crippen molar-refractivity contribution in [1.82, 2.24) is 0 Å². The van der Waals surface area contributed by atoms with Gasteiger partial charge in [0.1, 0.15) is 18.3 Å². The van der Waals surface area contributed by atoms with Crippen LogP contribution in [0.15, 0.2) is 12.7 Å². The van der Waals surface area contributed by atoms with Gasteiger partial charge in [0.15, 0.2) is 0 Å². The minimum Gasteiger partial charge on any atom is -0.450 e. The van der Waals surface area contributed by atoms with Crippen LogP contribution in [0.4, 0.5) is 4.79 Å². The normalized spacial score (nSPS) is 30.6. The van der Waals surface area contributed by atoms with Crippen molar-refractivity contribution >= 4 is 6.16 Å². The average molecular weight is 158 g/mol. The van der Waals surface area contributed by atoms with Crippen LogP contribution in [-0.4, -0.2) is 29.6 Å². The molecule has 0 spiro atoms. The smallest absolute Gasteiger partial charge is 0.450 e. The lowest BCUT2D eigenvalue weighted by molar-refractivity contribution is 0.0470. The molecule has 11 heavy (non-hydrogen) atoms. The molecule has 3 unspecified atom stereocenters. The zero-order chi connectivity index (χ0) is 8.43. The van der Waals surface area contributed by atoms with E-state index in [1.165, 1.54) is 0 Å². The monoisotopic (exact) mass is 158 g/mol. The number of carbonyl (C=O) groups is 1. The number of epoxide rings is 1. The molecule has 1 saturated heterocycles. The molecule has 1 N–H and O–H groups in total. The Hall–Kier alpha value is -1.03. The molecule has 0 aromatic rings. The Kier molecular flexibility index (Phi) is 2.14. The van der Waals surface area contributed by atoms with E-state index in [0.717, 1.165) is 0 Å². The molecule has 1 fully saturated rings. The van der Waals surface area contributed by atoms with Crippen LogP contribution >= 0.6 is 0 Å². The lowest BCUT2D eigenvalue weighted by Crippen LogP contribution is -2.20. The van der Waals surface area contributed by atoms with Crippen LogP contribution in [0.2, 0.25) is 0 Å². The van der Waals surface area contributed by atoms with Gasteiger partial charge in [-0.1, -0.05) is 6.08 Å². The Bertz CT molecular complexity index is 177. The summed E-state index contributed by atoms with van der Waals surface area (Å²) in [5, 5.41) is 8.22. The fourth-order valence-corrected chi connectivity index (χ4v) is 0.930. The van der Waals surface area contributed by atoms with Crippen LogP contribution in [0.5, 0.6) is 0 Å². The summed E-state index contributed by atoms with van der Waals surface area (Å²) >= 11 is 0. The van der Waals surface area contributed by atoms with E-state index in [4.69, 9.17) is 9.84 Å². The minimum absolute atomic E-state index is 0.0376. The lowest BCUT2D eigenvalue weighted by atomic mass is 10.2. The second-order valence-electron chi connectivity index (χ2n) is 2.39. The summed E-state index contributed by atoms with van der Waals surface area (Å²) in [6, 6.07) is 0. The molecular formula is C7H10O4. The van der Waals surface area contributed by atoms with Gasteiger partial charge in [0, 0.05) is 0 Å². The van der Waals surface area contributed by atoms with E-state index in [1.807, 2.05) is 0 Å². The van der Waals surface area contributed by atoms with Crippen molar-refractivity contribution in [3.63, 3.8) is 0 Å². The van der Waals surface area contributed by atoms with Crippen molar-refractivity contribution in [2.75, 3.05) is 0 Å². The SMILES string of the molecule is C=CC1OC1C(C)OC(=O)O. The Morgan fingerprint density at radius 1 is 1.91 bits per heavy atom. The summed E-state index contributed by atoms with van der Waals surface area (Å²) in [5.74, 6) is 0. The molecular weight excluding hydrogens is 148 g/mol. The largest absolute Gasteiger partial charge is 0.506 e. The number of hydrogen-bond donors (Lipinski definition) is 1. The second kappa shape index (κ2) is 2.92. The Morgan fingerprint density at radius 2 is 2.55 bits per heavy atom. The summed E-state index contributed by atoms with van der Waals surface area (Å²) in [4.78, 5) is 10.0. The predicted molar refractivity (Wildman–Crippen MR) is 37.4 cm³/mol. The zero-order valence-corrected chi connectivity index (χ0v) is 6.19. The highest BCUT2D eigenvalue weighted by molar-refractivity contribution is 5.57. The van der Waals surface area contributed by atoms with E-state index in [9.17, 15) is 4.79 Å². The standard InChI is InChI=1S/C7H10O4/c1-3-5-6(11-5)4(2)10-7(8)9/h3-6H,1H2,2H3,(H,8,9). The molecule has 1 rings (SSSR count). The molecule has 4 heteroatoms. The van der Waals surface area contributed by atoms with Gasteiger partial charge >= 0.3 is 6.16 Å². The zero-order valence-electron chi connectivity index (χ0n) is 6.19. The van der Waals surface area contributed by atoms with Crippen LogP contribution in [0, 0.1) is 0 Å². The second-order valence-corrected chi connectivity index (χ2v) is 2.39. The molecule has 1 aliphatic heterocycles. The highest BCUT2D eigenvalue weighted by atomic mass is 16.7. The van der Waals surface area contributed by atoms with E-state index >= 15 is 0 Å². The van der Waals surface area contributed by atoms with Gasteiger partial charge in [-0.15, -0.1) is 6.58 Å². The Labute approximate surface area is 64.4 Å². The first-order valence-corrected chi connectivity index (χ1v) is 3.32. The average Bonchev–Trinajstić information content (AvgIpc) is 2.63. The molecule has 0 bridgehead atoms. The van der Waals surface area contributed by atoms with Crippen LogP contribution in [0.1, 0.15) is 6.92 Å². The number of hydrogen-bond acceptors (Lipinski definition) is 3. The number of rotatable bonds is 3. The first-order chi connectivity index (χ1) is 5.15. The highest BCUT2D eigenvalue weighted by Gasteiger charge is 2.42. The van der Waals surface area contributed by atoms with Crippen LogP contribution < -0.4 is 0 Å². The number of ether oxygens (including phenoxy) is 2. The van der Waals surface area contributed by atoms with Crippen molar-refractivity contribution < 1.29 is 19.4 Å². The van der Waals surface area contributed by atoms with Gasteiger partial charge in [0.2, 0.25) is 0 Å². The molecule has 62 valence electrons. The third-order valence-electron chi connectivity index (χ3n) is 1.54. The van der Waals surface area contributed by atoms with Crippen LogP contribution in [0.25, 0.3) is 0 Å². The van der Waals surface area contributed by atoms with Crippen molar-refractivity contribution in [3.8, 4) is 0 Å². The molecule has 1 aliphatic rings. The molecule has 0 radical (unpaired) electrons. The molecule has 0 amide bonds. The maximum Gasteiger partial charge on any atom is 0.506 e. The van der Waals surface area contributed by atoms with E-state index in [-0.39, 0.29) is 12.2 Å². The van der Waals surface area contributed by atoms with Crippen molar-refractivity contribution in [3.05, 3.63) is 12.7 Å². The Morgan fingerprint density at radius 3 is 2.91 bits per heavy atom. The first kappa shape index (κ1) is 8.07. The fraction of sp³-hybridized carbons (Fsp3) is 0.571. The minimum atomic E-state index is -1.27. The van der Waals surface area contributed by atoms with Crippen LogP contribution in [0.3, 0.4) is 0 Å². The predicted octanol–water partition coefficient (Wildman–Crippen LogP) is 1.02. The number of carboxylic acid groups (broad SMARTS) is 1. The van der Waals surface area contributed by atoms with Gasteiger partial charge in [0.05, 0.1) is 0 Å². The first-order valence-electron chi connectivity index (χ1n) is 3.32. The van der Waals surface area contributed by atoms with Gasteiger partial charge in [-0.05, 0) is 6.92 Å². The quantitative estimate of drug-likeness (QED) is 0.378. The highest BCUT2D eigenvalue weighted by Crippen LogP contribution is 2.27. The fourth-order valence-electron chi connectivity index (χ4n) is 0.930.